The summed E-state index contributed by atoms with van der Waals surface area (Å²) in [7, 11) is 1.33. The van der Waals surface area contributed by atoms with Crippen molar-refractivity contribution < 1.29 is 14.6 Å². The van der Waals surface area contributed by atoms with E-state index in [1.807, 2.05) is 65.0 Å². The number of fused-ring (bicyclic) bond motifs is 1. The molecule has 0 bridgehead atoms. The van der Waals surface area contributed by atoms with Gasteiger partial charge in [0.1, 0.15) is 11.6 Å². The lowest BCUT2D eigenvalue weighted by atomic mass is 9.96. The number of carbonyl (C=O) groups excluding carboxylic acids is 1. The highest BCUT2D eigenvalue weighted by Gasteiger charge is 2.35. The second-order valence-corrected chi connectivity index (χ2v) is 9.08. The van der Waals surface area contributed by atoms with Crippen LogP contribution < -0.4 is 10.5 Å². The number of carbonyl (C=O) groups is 1. The molecule has 0 fully saturated rings. The average Bonchev–Trinajstić information content (AvgIpc) is 2.70. The third-order valence-corrected chi connectivity index (χ3v) is 5.08. The van der Waals surface area contributed by atoms with E-state index in [4.69, 9.17) is 4.74 Å². The van der Waals surface area contributed by atoms with Gasteiger partial charge < -0.3 is 9.84 Å². The minimum absolute atomic E-state index is 0.0528. The molecule has 6 heteroatoms. The zero-order valence-corrected chi connectivity index (χ0v) is 19.0. The lowest BCUT2D eigenvalue weighted by Crippen LogP contribution is -2.49. The van der Waals surface area contributed by atoms with Crippen molar-refractivity contribution in [1.82, 2.24) is 4.57 Å². The van der Waals surface area contributed by atoms with E-state index in [9.17, 15) is 14.7 Å². The van der Waals surface area contributed by atoms with Crippen molar-refractivity contribution in [3.8, 4) is 16.9 Å². The predicted octanol–water partition coefficient (Wildman–Crippen LogP) is 5.40. The van der Waals surface area contributed by atoms with Crippen LogP contribution in [0, 0.1) is 5.92 Å². The normalized spacial score (nSPS) is 11.7. The highest BCUT2D eigenvalue weighted by molar-refractivity contribution is 6.05. The molecule has 0 aliphatic carbocycles. The number of benzene rings is 2. The molecular weight excluding hydrogens is 392 g/mol. The van der Waals surface area contributed by atoms with Crippen LogP contribution in [-0.4, -0.2) is 28.4 Å². The first-order valence-corrected chi connectivity index (χ1v) is 10.4. The summed E-state index contributed by atoms with van der Waals surface area (Å²) in [5, 5.41) is 11.3. The lowest BCUT2D eigenvalue weighted by Gasteiger charge is -2.37. The van der Waals surface area contributed by atoms with Crippen LogP contribution in [0.25, 0.3) is 21.9 Å². The fraction of sp³-hybridized carbons (Fsp3) is 0.360. The van der Waals surface area contributed by atoms with Gasteiger partial charge >= 0.3 is 6.09 Å². The number of rotatable bonds is 4. The summed E-state index contributed by atoms with van der Waals surface area (Å²) in [5.41, 5.74) is 0.652. The second-order valence-electron chi connectivity index (χ2n) is 9.08. The Morgan fingerprint density at radius 2 is 1.74 bits per heavy atom. The first-order chi connectivity index (χ1) is 14.6. The van der Waals surface area contributed by atoms with E-state index >= 15 is 0 Å². The molecule has 1 N–H and O–H groups in total. The van der Waals surface area contributed by atoms with E-state index in [1.54, 1.807) is 16.7 Å². The van der Waals surface area contributed by atoms with E-state index < -0.39 is 11.6 Å². The SMILES string of the molecule is COC(=O)N(c1c(-c2ccccc2)c2cc(O)ccc2c(=O)n1CC(C)C)C(C)(C)C. The molecule has 0 spiro atoms. The van der Waals surface area contributed by atoms with Gasteiger partial charge in [-0.15, -0.1) is 0 Å². The Labute approximate surface area is 182 Å². The highest BCUT2D eigenvalue weighted by Crippen LogP contribution is 2.40. The number of amides is 1. The van der Waals surface area contributed by atoms with Crippen molar-refractivity contribution in [1.29, 1.82) is 0 Å². The Balaban J connectivity index is 2.61. The van der Waals surface area contributed by atoms with Crippen LogP contribution >= 0.6 is 0 Å². The molecular formula is C25H30N2O4. The van der Waals surface area contributed by atoms with Gasteiger partial charge in [-0.25, -0.2) is 4.79 Å². The molecule has 0 saturated carbocycles. The minimum Gasteiger partial charge on any atom is -0.508 e. The molecule has 1 heterocycles. The number of hydrogen-bond acceptors (Lipinski definition) is 4. The molecule has 0 atom stereocenters. The van der Waals surface area contributed by atoms with Gasteiger partial charge in [0.15, 0.2) is 0 Å². The Morgan fingerprint density at radius 1 is 1.10 bits per heavy atom. The number of pyridine rings is 1. The van der Waals surface area contributed by atoms with Gasteiger partial charge in [-0.3, -0.25) is 14.3 Å². The van der Waals surface area contributed by atoms with Crippen LogP contribution in [0.2, 0.25) is 0 Å². The maximum Gasteiger partial charge on any atom is 0.415 e. The van der Waals surface area contributed by atoms with Gasteiger partial charge in [0.25, 0.3) is 5.56 Å². The lowest BCUT2D eigenvalue weighted by molar-refractivity contribution is 0.172. The summed E-state index contributed by atoms with van der Waals surface area (Å²) in [5.74, 6) is 0.675. The van der Waals surface area contributed by atoms with Gasteiger partial charge in [0, 0.05) is 28.4 Å². The third-order valence-electron chi connectivity index (χ3n) is 5.08. The van der Waals surface area contributed by atoms with Crippen molar-refractivity contribution in [2.75, 3.05) is 12.0 Å². The Morgan fingerprint density at radius 3 is 2.29 bits per heavy atom. The van der Waals surface area contributed by atoms with E-state index in [0.29, 0.717) is 28.7 Å². The summed E-state index contributed by atoms with van der Waals surface area (Å²) < 4.78 is 6.80. The van der Waals surface area contributed by atoms with Crippen LogP contribution in [0.15, 0.2) is 53.3 Å². The number of phenolic OH excluding ortho intramolecular Hbond substituents is 1. The first kappa shape index (κ1) is 22.4. The van der Waals surface area contributed by atoms with Crippen LogP contribution in [0.5, 0.6) is 5.75 Å². The Bertz CT molecular complexity index is 1160. The molecule has 0 saturated heterocycles. The monoisotopic (exact) mass is 422 g/mol. The van der Waals surface area contributed by atoms with Gasteiger partial charge in [-0.2, -0.15) is 0 Å². The quantitative estimate of drug-likeness (QED) is 0.611. The molecule has 164 valence electrons. The minimum atomic E-state index is -0.674. The van der Waals surface area contributed by atoms with E-state index in [1.165, 1.54) is 18.1 Å². The molecule has 1 aromatic heterocycles. The van der Waals surface area contributed by atoms with Gasteiger partial charge in [0.2, 0.25) is 0 Å². The average molecular weight is 423 g/mol. The number of nitrogens with zero attached hydrogens (tertiary/aromatic N) is 2. The molecule has 0 unspecified atom stereocenters. The maximum atomic E-state index is 13.6. The van der Waals surface area contributed by atoms with Crippen molar-refractivity contribution in [2.24, 2.45) is 5.92 Å². The summed E-state index contributed by atoms with van der Waals surface area (Å²) in [6.07, 6.45) is -0.555. The summed E-state index contributed by atoms with van der Waals surface area (Å²) in [4.78, 5) is 28.2. The topological polar surface area (TPSA) is 71.8 Å². The third kappa shape index (κ3) is 4.29. The fourth-order valence-electron chi connectivity index (χ4n) is 3.85. The van der Waals surface area contributed by atoms with Crippen molar-refractivity contribution in [2.45, 2.75) is 46.7 Å². The number of aromatic nitrogens is 1. The number of aromatic hydroxyl groups is 1. The van der Waals surface area contributed by atoms with E-state index in [-0.39, 0.29) is 17.2 Å². The van der Waals surface area contributed by atoms with Crippen LogP contribution in [-0.2, 0) is 11.3 Å². The maximum absolute atomic E-state index is 13.6. The zero-order chi connectivity index (χ0) is 22.9. The van der Waals surface area contributed by atoms with Crippen LogP contribution in [0.1, 0.15) is 34.6 Å². The molecule has 3 rings (SSSR count). The zero-order valence-electron chi connectivity index (χ0n) is 19.0. The highest BCUT2D eigenvalue weighted by atomic mass is 16.5. The molecule has 1 amide bonds. The van der Waals surface area contributed by atoms with Crippen LogP contribution in [0.3, 0.4) is 0 Å². The number of ether oxygens (including phenoxy) is 1. The van der Waals surface area contributed by atoms with Crippen molar-refractivity contribution >= 4 is 22.7 Å². The molecule has 31 heavy (non-hydrogen) atoms. The van der Waals surface area contributed by atoms with Gasteiger partial charge in [0.05, 0.1) is 7.11 Å². The summed E-state index contributed by atoms with van der Waals surface area (Å²) >= 11 is 0. The van der Waals surface area contributed by atoms with Gasteiger partial charge in [-0.05, 0) is 50.5 Å². The van der Waals surface area contributed by atoms with E-state index in [2.05, 4.69) is 0 Å². The number of hydrogen-bond donors (Lipinski definition) is 1. The smallest absolute Gasteiger partial charge is 0.415 e. The van der Waals surface area contributed by atoms with Crippen molar-refractivity contribution in [3.63, 3.8) is 0 Å². The standard InChI is InChI=1S/C25H30N2O4/c1-16(2)15-26-22(27(24(30)31-6)25(3,4)5)21(17-10-8-7-9-11-17)20-14-18(28)12-13-19(20)23(26)29/h7-14,16,28H,15H2,1-6H3. The first-order valence-electron chi connectivity index (χ1n) is 10.4. The molecule has 2 aromatic carbocycles. The number of phenols is 1. The molecule has 0 radical (unpaired) electrons. The second kappa shape index (κ2) is 8.46. The van der Waals surface area contributed by atoms with Crippen molar-refractivity contribution in [3.05, 3.63) is 58.9 Å². The van der Waals surface area contributed by atoms with E-state index in [0.717, 1.165) is 5.56 Å². The Kier molecular flexibility index (Phi) is 6.11. The predicted molar refractivity (Wildman–Crippen MR) is 125 cm³/mol. The molecule has 3 aromatic rings. The fourth-order valence-corrected chi connectivity index (χ4v) is 3.85. The number of methoxy groups -OCH3 is 1. The summed E-state index contributed by atoms with van der Waals surface area (Å²) in [6, 6.07) is 14.3. The molecule has 0 aliphatic rings. The van der Waals surface area contributed by atoms with Gasteiger partial charge in [-0.1, -0.05) is 44.2 Å². The van der Waals surface area contributed by atoms with Crippen LogP contribution in [0.4, 0.5) is 10.6 Å². The molecule has 6 nitrogen and oxygen atoms in total. The Hall–Kier alpha value is -3.28. The molecule has 0 aliphatic heterocycles. The largest absolute Gasteiger partial charge is 0.508 e. The number of anilines is 1. The summed E-state index contributed by atoms with van der Waals surface area (Å²) in [6.45, 7) is 10.2.